The van der Waals surface area contributed by atoms with Crippen molar-refractivity contribution < 1.29 is 59.7 Å². The largest absolute Gasteiger partial charge is 0.197 e. The molecule has 0 aliphatic carbocycles. The number of hydrogen-bond donors (Lipinski definition) is 0. The van der Waals surface area contributed by atoms with Crippen molar-refractivity contribution in [1.29, 1.82) is 0 Å². The summed E-state index contributed by atoms with van der Waals surface area (Å²) >= 11 is 0. The Bertz CT molecular complexity index is 6.00. The maximum Gasteiger partial charge on any atom is 0 e. The first-order chi connectivity index (χ1) is 0. The first kappa shape index (κ1) is 30.0. The summed E-state index contributed by atoms with van der Waals surface area (Å²) in [5.74, 6) is 0. The van der Waals surface area contributed by atoms with Crippen molar-refractivity contribution >= 4 is 27.0 Å². The number of rotatable bonds is 0. The van der Waals surface area contributed by atoms with Crippen LogP contribution in [0.2, 0.25) is 0 Å². The van der Waals surface area contributed by atoms with Crippen LogP contribution in [0.3, 0.4) is 0 Å². The molecule has 0 spiro atoms. The van der Waals surface area contributed by atoms with Crippen molar-refractivity contribution in [3.05, 3.63) is 0 Å². The summed E-state index contributed by atoms with van der Waals surface area (Å²) in [6, 6.07) is 0. The van der Waals surface area contributed by atoms with Crippen LogP contribution >= 0.6 is 27.0 Å². The van der Waals surface area contributed by atoms with Crippen molar-refractivity contribution in [3.8, 4) is 0 Å². The van der Waals surface area contributed by atoms with E-state index in [0.29, 0.717) is 0 Å². The van der Waals surface area contributed by atoms with Gasteiger partial charge in [-0.25, -0.2) is 0 Å². The molecule has 0 aliphatic rings. The molecule has 0 nitrogen and oxygen atoms in total. The molecule has 4 heavy (non-hydrogen) atoms. The van der Waals surface area contributed by atoms with E-state index in [2.05, 4.69) is 0 Å². The van der Waals surface area contributed by atoms with Gasteiger partial charge in [0.2, 0.25) is 0 Å². The molecular formula is H4AgErS2. The molecule has 0 atom stereocenters. The molecule has 0 amide bonds. The van der Waals surface area contributed by atoms with E-state index in [0.717, 1.165) is 0 Å². The summed E-state index contributed by atoms with van der Waals surface area (Å²) in [7, 11) is 0. The van der Waals surface area contributed by atoms with Crippen LogP contribution in [-0.2, 0) is 22.4 Å². The van der Waals surface area contributed by atoms with Gasteiger partial charge in [0.15, 0.2) is 0 Å². The summed E-state index contributed by atoms with van der Waals surface area (Å²) in [6.07, 6.45) is 0. The summed E-state index contributed by atoms with van der Waals surface area (Å²) in [5.41, 5.74) is 0. The van der Waals surface area contributed by atoms with Gasteiger partial charge in [0.05, 0.1) is 0 Å². The van der Waals surface area contributed by atoms with Crippen molar-refractivity contribution in [2.75, 3.05) is 0 Å². The van der Waals surface area contributed by atoms with Gasteiger partial charge in [-0.3, -0.25) is 0 Å². The fraction of sp³-hybridized carbons (Fsp3) is 0. The van der Waals surface area contributed by atoms with Gasteiger partial charge >= 0.3 is 0 Å². The molecule has 0 bridgehead atoms. The van der Waals surface area contributed by atoms with Gasteiger partial charge in [0.1, 0.15) is 0 Å². The van der Waals surface area contributed by atoms with Crippen molar-refractivity contribution in [2.24, 2.45) is 0 Å². The summed E-state index contributed by atoms with van der Waals surface area (Å²) in [6.45, 7) is 0. The first-order valence-electron chi connectivity index (χ1n) is 0. The molecule has 0 aromatic heterocycles. The van der Waals surface area contributed by atoms with E-state index in [1.165, 1.54) is 0 Å². The van der Waals surface area contributed by atoms with Crippen LogP contribution in [0.25, 0.3) is 0 Å². The quantitative estimate of drug-likeness (QED) is 0.552. The molecule has 0 saturated carbocycles. The second-order valence-electron chi connectivity index (χ2n) is 0. The van der Waals surface area contributed by atoms with E-state index < -0.39 is 0 Å². The monoisotopic (exact) mass is 341 g/mol. The Kier molecular flexibility index (Phi) is 130. The minimum Gasteiger partial charge on any atom is -0.197 e. The Morgan fingerprint density at radius 3 is 0.750 bits per heavy atom. The normalized spacial score (nSPS) is 0. The van der Waals surface area contributed by atoms with Gasteiger partial charge in [0, 0.05) is 59.7 Å². The maximum atomic E-state index is 0. The van der Waals surface area contributed by atoms with Crippen molar-refractivity contribution in [3.63, 3.8) is 0 Å². The summed E-state index contributed by atoms with van der Waals surface area (Å²) in [5, 5.41) is 0. The molecule has 0 aromatic rings. The summed E-state index contributed by atoms with van der Waals surface area (Å²) in [4.78, 5) is 0. The zero-order chi connectivity index (χ0) is 0. The van der Waals surface area contributed by atoms with Crippen LogP contribution in [0.4, 0.5) is 0 Å². The van der Waals surface area contributed by atoms with Gasteiger partial charge in [-0.05, 0) is 0 Å². The second-order valence-corrected chi connectivity index (χ2v) is 0. The van der Waals surface area contributed by atoms with Crippen LogP contribution in [0.15, 0.2) is 0 Å². The number of hydrogen-bond acceptors (Lipinski definition) is 0. The molecule has 39 valence electrons. The predicted molar refractivity (Wildman–Crippen MR) is 20.8 cm³/mol. The third-order valence-electron chi connectivity index (χ3n) is 0. The molecule has 0 rings (SSSR count). The zero-order valence-corrected chi connectivity index (χ0v) is 6.92. The maximum absolute atomic E-state index is 0. The van der Waals surface area contributed by atoms with Gasteiger partial charge in [-0.15, -0.1) is 0 Å². The van der Waals surface area contributed by atoms with E-state index in [1.54, 1.807) is 0 Å². The Morgan fingerprint density at radius 2 is 0.750 bits per heavy atom. The minimum atomic E-state index is 0. The Labute approximate surface area is 85.1 Å². The molecule has 0 N–H and O–H groups in total. The third-order valence-corrected chi connectivity index (χ3v) is 0. The minimum absolute atomic E-state index is 0. The van der Waals surface area contributed by atoms with Gasteiger partial charge in [-0.1, -0.05) is 0 Å². The molecule has 0 aromatic carbocycles. The van der Waals surface area contributed by atoms with E-state index in [-0.39, 0.29) is 86.7 Å². The average Bonchev–Trinajstić information content (AvgIpc) is 0. The molecule has 0 heterocycles. The third kappa shape index (κ3) is 8.82. The molecular weight excluding hydrogens is 339 g/mol. The fourth-order valence-electron chi connectivity index (χ4n) is 0. The Hall–Kier alpha value is 2.69. The Balaban J connectivity index is 0. The first-order valence-corrected chi connectivity index (χ1v) is 0. The van der Waals surface area contributed by atoms with Crippen LogP contribution in [0, 0.1) is 37.3 Å². The van der Waals surface area contributed by atoms with Gasteiger partial charge < -0.3 is 0 Å². The summed E-state index contributed by atoms with van der Waals surface area (Å²) < 4.78 is 0. The smallest absolute Gasteiger partial charge is 0 e. The van der Waals surface area contributed by atoms with Crippen molar-refractivity contribution in [1.82, 2.24) is 0 Å². The fourth-order valence-corrected chi connectivity index (χ4v) is 0. The van der Waals surface area contributed by atoms with Gasteiger partial charge in [-0.2, -0.15) is 27.0 Å². The van der Waals surface area contributed by atoms with Crippen LogP contribution in [-0.4, -0.2) is 0 Å². The van der Waals surface area contributed by atoms with E-state index in [1.807, 2.05) is 0 Å². The second kappa shape index (κ2) is 17.3. The van der Waals surface area contributed by atoms with Crippen LogP contribution in [0.1, 0.15) is 0 Å². The molecule has 0 saturated heterocycles. The van der Waals surface area contributed by atoms with Crippen LogP contribution in [0.5, 0.6) is 0 Å². The van der Waals surface area contributed by atoms with E-state index in [4.69, 9.17) is 0 Å². The average molecular weight is 343 g/mol. The van der Waals surface area contributed by atoms with Gasteiger partial charge in [0.25, 0.3) is 0 Å². The molecule has 0 unspecified atom stereocenters. The Morgan fingerprint density at radius 1 is 0.750 bits per heavy atom. The van der Waals surface area contributed by atoms with Crippen molar-refractivity contribution in [2.45, 2.75) is 0 Å². The molecule has 0 fully saturated rings. The zero-order valence-electron chi connectivity index (χ0n) is 1.59. The predicted octanol–water partition coefficient (Wildman–Crippen LogP) is 0.223. The van der Waals surface area contributed by atoms with Crippen LogP contribution < -0.4 is 0 Å². The standard InChI is InChI=1S/Ag.Er.2H2S/h;;2*1H2. The van der Waals surface area contributed by atoms with E-state index >= 15 is 0 Å². The SMILES string of the molecule is S.S.[Ag].[Er]. The molecule has 1 radical (unpaired) electrons. The molecule has 0 aliphatic heterocycles. The molecule has 4 heteroatoms. The van der Waals surface area contributed by atoms with E-state index in [9.17, 15) is 0 Å². The topological polar surface area (TPSA) is 0 Å².